The summed E-state index contributed by atoms with van der Waals surface area (Å²) in [7, 11) is -4.26. The minimum absolute atomic E-state index is 0.0376. The highest BCUT2D eigenvalue weighted by Crippen LogP contribution is 2.30. The molecule has 1 aliphatic rings. The molecule has 1 heterocycles. The number of carbonyl (C=O) groups excluding carboxylic acids is 3. The first-order chi connectivity index (χ1) is 20.1. The van der Waals surface area contributed by atoms with Gasteiger partial charge in [-0.2, -0.15) is 8.42 Å². The number of anilines is 1. The summed E-state index contributed by atoms with van der Waals surface area (Å²) < 4.78 is 37.0. The van der Waals surface area contributed by atoms with Crippen LogP contribution in [0.1, 0.15) is 16.7 Å². The number of nitrogens with zero attached hydrogens (tertiary/aromatic N) is 1. The van der Waals surface area contributed by atoms with Gasteiger partial charge in [-0.25, -0.2) is 9.69 Å². The van der Waals surface area contributed by atoms with Gasteiger partial charge in [0.15, 0.2) is 0 Å². The lowest BCUT2D eigenvalue weighted by atomic mass is 10.1. The maximum absolute atomic E-state index is 13.4. The number of benzene rings is 4. The van der Waals surface area contributed by atoms with Gasteiger partial charge in [-0.15, -0.1) is 0 Å². The molecule has 0 saturated carbocycles. The highest BCUT2D eigenvalue weighted by molar-refractivity contribution is 7.87. The Kier molecular flexibility index (Phi) is 8.10. The van der Waals surface area contributed by atoms with Gasteiger partial charge in [0.05, 0.1) is 5.69 Å². The summed E-state index contributed by atoms with van der Waals surface area (Å²) >= 11 is 6.14. The molecule has 0 aliphatic carbocycles. The molecule has 1 N–H and O–H groups in total. The van der Waals surface area contributed by atoms with Crippen LogP contribution >= 0.6 is 11.6 Å². The predicted octanol–water partition coefficient (Wildman–Crippen LogP) is 5.66. The van der Waals surface area contributed by atoms with E-state index in [4.69, 9.17) is 20.5 Å². The quantitative estimate of drug-likeness (QED) is 0.157. The van der Waals surface area contributed by atoms with Gasteiger partial charge in [0.2, 0.25) is 0 Å². The van der Waals surface area contributed by atoms with Crippen LogP contribution in [0.5, 0.6) is 11.5 Å². The molecule has 42 heavy (non-hydrogen) atoms. The van der Waals surface area contributed by atoms with E-state index in [1.54, 1.807) is 24.3 Å². The summed E-state index contributed by atoms with van der Waals surface area (Å²) in [5.41, 5.74) is 1.62. The third kappa shape index (κ3) is 6.35. The fourth-order valence-corrected chi connectivity index (χ4v) is 5.19. The number of carbonyl (C=O) groups is 3. The third-order valence-electron chi connectivity index (χ3n) is 6.23. The number of halogens is 1. The van der Waals surface area contributed by atoms with Crippen LogP contribution in [0.25, 0.3) is 6.08 Å². The molecule has 0 bridgehead atoms. The lowest BCUT2D eigenvalue weighted by Gasteiger charge is -2.26. The van der Waals surface area contributed by atoms with Crippen LogP contribution in [0.3, 0.4) is 0 Å². The minimum Gasteiger partial charge on any atom is -0.489 e. The van der Waals surface area contributed by atoms with E-state index in [0.29, 0.717) is 12.4 Å². The predicted molar refractivity (Wildman–Crippen MR) is 157 cm³/mol. The van der Waals surface area contributed by atoms with Crippen molar-refractivity contribution in [3.63, 3.8) is 0 Å². The maximum atomic E-state index is 13.4. The van der Waals surface area contributed by atoms with Gasteiger partial charge < -0.3 is 8.92 Å². The molecular formula is C31H23ClN2O7S. The van der Waals surface area contributed by atoms with Crippen molar-refractivity contribution < 1.29 is 31.7 Å². The number of imide groups is 2. The van der Waals surface area contributed by atoms with Crippen LogP contribution in [0.4, 0.5) is 10.5 Å². The Morgan fingerprint density at radius 3 is 2.26 bits per heavy atom. The van der Waals surface area contributed by atoms with E-state index in [0.717, 1.165) is 22.1 Å². The number of barbiturate groups is 1. The first kappa shape index (κ1) is 28.6. The number of aryl methyl sites for hydroxylation is 1. The van der Waals surface area contributed by atoms with Crippen LogP contribution in [-0.2, 0) is 26.3 Å². The van der Waals surface area contributed by atoms with E-state index in [9.17, 15) is 22.8 Å². The summed E-state index contributed by atoms with van der Waals surface area (Å²) in [6, 6.07) is 24.9. The molecule has 4 aromatic carbocycles. The van der Waals surface area contributed by atoms with Crippen molar-refractivity contribution in [3.05, 3.63) is 124 Å². The maximum Gasteiger partial charge on any atom is 0.339 e. The second-order valence-corrected chi connectivity index (χ2v) is 11.2. The van der Waals surface area contributed by atoms with Crippen LogP contribution in [0.15, 0.2) is 108 Å². The molecule has 11 heteroatoms. The number of hydrogen-bond acceptors (Lipinski definition) is 7. The Bertz CT molecular complexity index is 1800. The zero-order valence-electron chi connectivity index (χ0n) is 22.1. The van der Waals surface area contributed by atoms with Crippen molar-refractivity contribution >= 4 is 51.3 Å². The molecule has 4 amide bonds. The summed E-state index contributed by atoms with van der Waals surface area (Å²) in [6.45, 7) is 2.14. The Labute approximate surface area is 247 Å². The molecular weight excluding hydrogens is 580 g/mol. The zero-order chi connectivity index (χ0) is 29.9. The van der Waals surface area contributed by atoms with Crippen molar-refractivity contribution in [2.45, 2.75) is 18.4 Å². The normalized spacial score (nSPS) is 14.6. The lowest BCUT2D eigenvalue weighted by molar-refractivity contribution is -0.122. The fourth-order valence-electron chi connectivity index (χ4n) is 4.06. The molecule has 5 rings (SSSR count). The number of hydrogen-bond donors (Lipinski definition) is 1. The highest BCUT2D eigenvalue weighted by atomic mass is 35.5. The van der Waals surface area contributed by atoms with Crippen molar-refractivity contribution in [2.75, 3.05) is 4.90 Å². The van der Waals surface area contributed by atoms with E-state index < -0.39 is 33.5 Å². The number of rotatable bonds is 8. The standard InChI is InChI=1S/C31H23ClN2O7S/c1-20-7-14-26(15-8-20)42(38,39)41-28-16-9-23(32)17-22(28)18-27-29(35)33-31(37)34(30(27)36)24-10-12-25(13-11-24)40-19-21-5-3-2-4-6-21/h2-18H,19H2,1H3,(H,33,35,37)/b27-18+. The summed E-state index contributed by atoms with van der Waals surface area (Å²) in [6.07, 6.45) is 1.13. The van der Waals surface area contributed by atoms with Crippen LogP contribution < -0.4 is 19.1 Å². The molecule has 1 aliphatic heterocycles. The zero-order valence-corrected chi connectivity index (χ0v) is 23.7. The van der Waals surface area contributed by atoms with Crippen molar-refractivity contribution in [3.8, 4) is 11.5 Å². The lowest BCUT2D eigenvalue weighted by Crippen LogP contribution is -2.54. The Balaban J connectivity index is 1.41. The molecule has 0 spiro atoms. The van der Waals surface area contributed by atoms with Crippen LogP contribution in [-0.4, -0.2) is 26.3 Å². The Morgan fingerprint density at radius 1 is 0.881 bits per heavy atom. The minimum atomic E-state index is -4.26. The van der Waals surface area contributed by atoms with Gasteiger partial charge in [0.1, 0.15) is 28.6 Å². The second kappa shape index (κ2) is 11.9. The Morgan fingerprint density at radius 2 is 1.57 bits per heavy atom. The number of urea groups is 1. The van der Waals surface area contributed by atoms with E-state index in [1.807, 2.05) is 37.3 Å². The van der Waals surface area contributed by atoms with Gasteiger partial charge >= 0.3 is 16.1 Å². The molecule has 9 nitrogen and oxygen atoms in total. The first-order valence-corrected chi connectivity index (χ1v) is 14.4. The summed E-state index contributed by atoms with van der Waals surface area (Å²) in [4.78, 5) is 39.6. The average molecular weight is 603 g/mol. The molecule has 4 aromatic rings. The van der Waals surface area contributed by atoms with Gasteiger partial charge in [-0.3, -0.25) is 14.9 Å². The molecule has 212 valence electrons. The second-order valence-electron chi connectivity index (χ2n) is 9.26. The highest BCUT2D eigenvalue weighted by Gasteiger charge is 2.37. The largest absolute Gasteiger partial charge is 0.489 e. The van der Waals surface area contributed by atoms with Crippen molar-refractivity contribution in [1.29, 1.82) is 0 Å². The van der Waals surface area contributed by atoms with Gasteiger partial charge in [0.25, 0.3) is 11.8 Å². The fraction of sp³-hybridized carbons (Fsp3) is 0.0645. The van der Waals surface area contributed by atoms with Crippen LogP contribution in [0, 0.1) is 6.92 Å². The van der Waals surface area contributed by atoms with E-state index in [-0.39, 0.29) is 26.9 Å². The molecule has 1 saturated heterocycles. The van der Waals surface area contributed by atoms with E-state index >= 15 is 0 Å². The van der Waals surface area contributed by atoms with Gasteiger partial charge in [-0.1, -0.05) is 59.6 Å². The topological polar surface area (TPSA) is 119 Å². The van der Waals surface area contributed by atoms with Crippen molar-refractivity contribution in [1.82, 2.24) is 5.32 Å². The molecule has 0 aromatic heterocycles. The molecule has 0 radical (unpaired) electrons. The Hall–Kier alpha value is -4.93. The summed E-state index contributed by atoms with van der Waals surface area (Å²) in [5, 5.41) is 2.34. The molecule has 0 atom stereocenters. The number of nitrogens with one attached hydrogen (secondary N) is 1. The van der Waals surface area contributed by atoms with Gasteiger partial charge in [0, 0.05) is 10.6 Å². The average Bonchev–Trinajstić information content (AvgIpc) is 2.97. The monoisotopic (exact) mass is 602 g/mol. The van der Waals surface area contributed by atoms with E-state index in [2.05, 4.69) is 5.32 Å². The van der Waals surface area contributed by atoms with Crippen LogP contribution in [0.2, 0.25) is 5.02 Å². The van der Waals surface area contributed by atoms with E-state index in [1.165, 1.54) is 42.5 Å². The van der Waals surface area contributed by atoms with Crippen molar-refractivity contribution in [2.24, 2.45) is 0 Å². The number of amides is 4. The number of ether oxygens (including phenoxy) is 1. The van der Waals surface area contributed by atoms with Gasteiger partial charge in [-0.05, 0) is 73.2 Å². The SMILES string of the molecule is Cc1ccc(S(=O)(=O)Oc2ccc(Cl)cc2/C=C2\C(=O)NC(=O)N(c3ccc(OCc4ccccc4)cc3)C2=O)cc1. The molecule has 0 unspecified atom stereocenters. The molecule has 1 fully saturated rings. The summed E-state index contributed by atoms with van der Waals surface area (Å²) in [5.74, 6) is -1.54. The first-order valence-electron chi connectivity index (χ1n) is 12.6. The third-order valence-corrected chi connectivity index (χ3v) is 7.71. The smallest absolute Gasteiger partial charge is 0.339 e.